The highest BCUT2D eigenvalue weighted by atomic mass is 79.9. The number of amides is 1. The van der Waals surface area contributed by atoms with Crippen LogP contribution < -0.4 is 15.4 Å². The van der Waals surface area contributed by atoms with E-state index in [9.17, 15) is 9.18 Å². The van der Waals surface area contributed by atoms with Gasteiger partial charge in [0.2, 0.25) is 5.91 Å². The Labute approximate surface area is 143 Å². The highest BCUT2D eigenvalue weighted by Crippen LogP contribution is 2.27. The third kappa shape index (κ3) is 5.04. The molecule has 0 heterocycles. The molecule has 0 unspecified atom stereocenters. The lowest BCUT2D eigenvalue weighted by Crippen LogP contribution is -2.30. The maximum absolute atomic E-state index is 12.8. The van der Waals surface area contributed by atoms with Crippen LogP contribution in [0.2, 0.25) is 0 Å². The van der Waals surface area contributed by atoms with E-state index >= 15 is 0 Å². The summed E-state index contributed by atoms with van der Waals surface area (Å²) < 4.78 is 18.9. The minimum absolute atomic E-state index is 0.00354. The highest BCUT2D eigenvalue weighted by Gasteiger charge is 2.10. The van der Waals surface area contributed by atoms with Gasteiger partial charge in [-0.15, -0.1) is 0 Å². The molecular weight excluding hydrogens is 363 g/mol. The molecular formula is C17H18BrFN2O2. The number of benzene rings is 2. The first-order chi connectivity index (χ1) is 11.0. The van der Waals surface area contributed by atoms with Gasteiger partial charge in [-0.1, -0.05) is 6.07 Å². The van der Waals surface area contributed by atoms with Gasteiger partial charge in [-0.2, -0.15) is 0 Å². The number of nitrogens with one attached hydrogen (secondary N) is 2. The van der Waals surface area contributed by atoms with Crippen LogP contribution in [0, 0.1) is 5.82 Å². The predicted molar refractivity (Wildman–Crippen MR) is 92.1 cm³/mol. The molecule has 0 radical (unpaired) electrons. The van der Waals surface area contributed by atoms with Crippen LogP contribution in [0.4, 0.5) is 10.1 Å². The topological polar surface area (TPSA) is 50.4 Å². The summed E-state index contributed by atoms with van der Waals surface area (Å²) in [6.07, 6.45) is 0. The number of methoxy groups -OCH3 is 1. The average molecular weight is 381 g/mol. The van der Waals surface area contributed by atoms with E-state index in [0.717, 1.165) is 15.8 Å². The molecule has 6 heteroatoms. The molecule has 0 spiro atoms. The van der Waals surface area contributed by atoms with Crippen LogP contribution in [0.3, 0.4) is 0 Å². The van der Waals surface area contributed by atoms with Crippen molar-refractivity contribution in [1.29, 1.82) is 0 Å². The van der Waals surface area contributed by atoms with Gasteiger partial charge in [-0.3, -0.25) is 4.79 Å². The highest BCUT2D eigenvalue weighted by molar-refractivity contribution is 9.10. The number of halogens is 2. The minimum Gasteiger partial charge on any atom is -0.496 e. The lowest BCUT2D eigenvalue weighted by Gasteiger charge is -2.15. The molecule has 4 nitrogen and oxygen atoms in total. The summed E-state index contributed by atoms with van der Waals surface area (Å²) in [6, 6.07) is 11.4. The van der Waals surface area contributed by atoms with Crippen molar-refractivity contribution in [3.8, 4) is 5.75 Å². The van der Waals surface area contributed by atoms with Crippen LogP contribution in [-0.4, -0.2) is 19.6 Å². The van der Waals surface area contributed by atoms with Gasteiger partial charge in [-0.25, -0.2) is 4.39 Å². The van der Waals surface area contributed by atoms with Crippen molar-refractivity contribution in [2.75, 3.05) is 19.0 Å². The molecule has 2 aromatic carbocycles. The van der Waals surface area contributed by atoms with Crippen LogP contribution in [0.25, 0.3) is 0 Å². The van der Waals surface area contributed by atoms with E-state index in [2.05, 4.69) is 26.6 Å². The van der Waals surface area contributed by atoms with E-state index in [1.807, 2.05) is 25.1 Å². The molecule has 0 saturated heterocycles. The van der Waals surface area contributed by atoms with Crippen LogP contribution in [0.1, 0.15) is 18.5 Å². The molecule has 2 rings (SSSR count). The molecule has 0 aromatic heterocycles. The fraction of sp³-hybridized carbons (Fsp3) is 0.235. The minimum atomic E-state index is -0.333. The number of carbonyl (C=O) groups excluding carboxylic acids is 1. The molecule has 2 aromatic rings. The third-order valence-corrected chi connectivity index (χ3v) is 3.99. The molecule has 1 atom stereocenters. The quantitative estimate of drug-likeness (QED) is 0.799. The zero-order valence-electron chi connectivity index (χ0n) is 12.9. The van der Waals surface area contributed by atoms with Crippen molar-refractivity contribution in [2.45, 2.75) is 13.0 Å². The van der Waals surface area contributed by atoms with E-state index in [4.69, 9.17) is 4.74 Å². The van der Waals surface area contributed by atoms with Crippen molar-refractivity contribution >= 4 is 27.5 Å². The average Bonchev–Trinajstić information content (AvgIpc) is 2.54. The maximum atomic E-state index is 12.8. The van der Waals surface area contributed by atoms with Crippen LogP contribution >= 0.6 is 15.9 Å². The van der Waals surface area contributed by atoms with Gasteiger partial charge >= 0.3 is 0 Å². The molecule has 0 bridgehead atoms. The van der Waals surface area contributed by atoms with E-state index in [-0.39, 0.29) is 24.3 Å². The van der Waals surface area contributed by atoms with Gasteiger partial charge in [-0.05, 0) is 64.8 Å². The fourth-order valence-electron chi connectivity index (χ4n) is 2.05. The molecule has 0 aliphatic rings. The summed E-state index contributed by atoms with van der Waals surface area (Å²) in [4.78, 5) is 11.9. The zero-order chi connectivity index (χ0) is 16.8. The SMILES string of the molecule is COc1ccc([C@@H](C)NCC(=O)Nc2ccc(F)cc2)cc1Br. The summed E-state index contributed by atoms with van der Waals surface area (Å²) in [5, 5.41) is 5.86. The lowest BCUT2D eigenvalue weighted by molar-refractivity contribution is -0.115. The normalized spacial score (nSPS) is 11.8. The first kappa shape index (κ1) is 17.4. The third-order valence-electron chi connectivity index (χ3n) is 3.37. The number of rotatable bonds is 6. The van der Waals surface area contributed by atoms with Crippen molar-refractivity contribution in [3.05, 3.63) is 58.3 Å². The van der Waals surface area contributed by atoms with Crippen molar-refractivity contribution in [3.63, 3.8) is 0 Å². The van der Waals surface area contributed by atoms with Crippen molar-refractivity contribution in [2.24, 2.45) is 0 Å². The number of hydrogen-bond donors (Lipinski definition) is 2. The van der Waals surface area contributed by atoms with Gasteiger partial charge in [0.05, 0.1) is 18.1 Å². The van der Waals surface area contributed by atoms with E-state index < -0.39 is 0 Å². The van der Waals surface area contributed by atoms with Crippen molar-refractivity contribution < 1.29 is 13.9 Å². The van der Waals surface area contributed by atoms with Crippen LogP contribution in [0.5, 0.6) is 5.75 Å². The number of ether oxygens (including phenoxy) is 1. The Morgan fingerprint density at radius 2 is 1.96 bits per heavy atom. The summed E-state index contributed by atoms with van der Waals surface area (Å²) >= 11 is 3.44. The first-order valence-corrected chi connectivity index (χ1v) is 7.91. The Hall–Kier alpha value is -1.92. The Morgan fingerprint density at radius 1 is 1.26 bits per heavy atom. The molecule has 0 aliphatic carbocycles. The molecule has 2 N–H and O–H groups in total. The second-order valence-electron chi connectivity index (χ2n) is 5.05. The number of anilines is 1. The molecule has 0 aliphatic heterocycles. The molecule has 0 fully saturated rings. The predicted octanol–water partition coefficient (Wildman–Crippen LogP) is 3.89. The largest absolute Gasteiger partial charge is 0.496 e. The lowest BCUT2D eigenvalue weighted by atomic mass is 10.1. The first-order valence-electron chi connectivity index (χ1n) is 7.12. The molecule has 122 valence electrons. The maximum Gasteiger partial charge on any atom is 0.238 e. The van der Waals surface area contributed by atoms with E-state index in [0.29, 0.717) is 5.69 Å². The Morgan fingerprint density at radius 3 is 2.57 bits per heavy atom. The number of carbonyl (C=O) groups is 1. The second kappa shape index (κ2) is 8.08. The van der Waals surface area contributed by atoms with E-state index in [1.165, 1.54) is 24.3 Å². The van der Waals surface area contributed by atoms with Gasteiger partial charge in [0.1, 0.15) is 11.6 Å². The Bertz CT molecular complexity index is 677. The fourth-order valence-corrected chi connectivity index (χ4v) is 2.61. The van der Waals surface area contributed by atoms with Crippen molar-refractivity contribution in [1.82, 2.24) is 5.32 Å². The summed E-state index contributed by atoms with van der Waals surface area (Å²) in [7, 11) is 1.61. The number of hydrogen-bond acceptors (Lipinski definition) is 3. The van der Waals surface area contributed by atoms with Gasteiger partial charge in [0.25, 0.3) is 0 Å². The second-order valence-corrected chi connectivity index (χ2v) is 5.91. The summed E-state index contributed by atoms with van der Waals surface area (Å²) in [5.41, 5.74) is 1.60. The monoisotopic (exact) mass is 380 g/mol. The van der Waals surface area contributed by atoms with Gasteiger partial charge in [0.15, 0.2) is 0 Å². The van der Waals surface area contributed by atoms with E-state index in [1.54, 1.807) is 7.11 Å². The zero-order valence-corrected chi connectivity index (χ0v) is 14.5. The summed E-state index contributed by atoms with van der Waals surface area (Å²) in [5.74, 6) is 0.242. The van der Waals surface area contributed by atoms with Gasteiger partial charge < -0.3 is 15.4 Å². The van der Waals surface area contributed by atoms with Crippen LogP contribution in [-0.2, 0) is 4.79 Å². The Kier molecular flexibility index (Phi) is 6.12. The summed E-state index contributed by atoms with van der Waals surface area (Å²) in [6.45, 7) is 2.13. The molecule has 0 saturated carbocycles. The van der Waals surface area contributed by atoms with Crippen LogP contribution in [0.15, 0.2) is 46.9 Å². The molecule has 23 heavy (non-hydrogen) atoms. The molecule has 1 amide bonds. The smallest absolute Gasteiger partial charge is 0.238 e. The van der Waals surface area contributed by atoms with Gasteiger partial charge in [0, 0.05) is 11.7 Å². The Balaban J connectivity index is 1.88. The standard InChI is InChI=1S/C17H18BrFN2O2/c1-11(12-3-8-16(23-2)15(18)9-12)20-10-17(22)21-14-6-4-13(19)5-7-14/h3-9,11,20H,10H2,1-2H3,(H,21,22)/t11-/m1/s1.